The highest BCUT2D eigenvalue weighted by atomic mass is 127. The van der Waals surface area contributed by atoms with Gasteiger partial charge in [-0.2, -0.15) is 5.10 Å². The van der Waals surface area contributed by atoms with E-state index in [1.54, 1.807) is 0 Å². The summed E-state index contributed by atoms with van der Waals surface area (Å²) in [5, 5.41) is 10.9. The van der Waals surface area contributed by atoms with Crippen molar-refractivity contribution in [3.05, 3.63) is 59.1 Å². The Kier molecular flexibility index (Phi) is 8.31. The van der Waals surface area contributed by atoms with E-state index in [4.69, 9.17) is 16.6 Å². The Hall–Kier alpha value is -2.07. The normalized spacial score (nSPS) is 11.2. The highest BCUT2D eigenvalue weighted by Gasteiger charge is 2.10. The minimum atomic E-state index is 0. The number of H-pyrrole nitrogens is 1. The smallest absolute Gasteiger partial charge is 0.194 e. The number of aliphatic imine (C=N–C) groups is 1. The Morgan fingerprint density at radius 1 is 1.36 bits per heavy atom. The molecule has 0 saturated carbocycles. The van der Waals surface area contributed by atoms with Gasteiger partial charge in [0.05, 0.1) is 18.1 Å². The highest BCUT2D eigenvalue weighted by molar-refractivity contribution is 14.0. The molecule has 0 bridgehead atoms. The van der Waals surface area contributed by atoms with Crippen LogP contribution in [0.5, 0.6) is 0 Å². The summed E-state index contributed by atoms with van der Waals surface area (Å²) in [6.07, 6.45) is 3.41. The van der Waals surface area contributed by atoms with E-state index in [9.17, 15) is 0 Å². The molecule has 0 amide bonds. The Morgan fingerprint density at radius 2 is 2.18 bits per heavy atom. The zero-order chi connectivity index (χ0) is 19.2. The minimum absolute atomic E-state index is 0. The van der Waals surface area contributed by atoms with Crippen LogP contribution in [0.25, 0.3) is 11.4 Å². The van der Waals surface area contributed by atoms with Crippen LogP contribution in [-0.2, 0) is 20.1 Å². The van der Waals surface area contributed by atoms with E-state index in [1.165, 1.54) is 6.33 Å². The van der Waals surface area contributed by atoms with Crippen molar-refractivity contribution in [3.63, 3.8) is 0 Å². The van der Waals surface area contributed by atoms with E-state index < -0.39 is 0 Å². The van der Waals surface area contributed by atoms with Gasteiger partial charge >= 0.3 is 0 Å². The van der Waals surface area contributed by atoms with Gasteiger partial charge in [-0.05, 0) is 24.6 Å². The van der Waals surface area contributed by atoms with Crippen LogP contribution in [0.2, 0.25) is 5.02 Å². The van der Waals surface area contributed by atoms with Crippen LogP contribution in [0.15, 0.2) is 47.8 Å². The topological polar surface area (TPSA) is 74.1 Å². The second-order valence-corrected chi connectivity index (χ2v) is 6.76. The summed E-state index contributed by atoms with van der Waals surface area (Å²) >= 11 is 6.09. The molecular weight excluding hydrogens is 489 g/mol. The number of guanidine groups is 1. The first-order valence-corrected chi connectivity index (χ1v) is 9.19. The molecule has 0 spiro atoms. The molecule has 0 atom stereocenters. The van der Waals surface area contributed by atoms with Gasteiger partial charge in [0.25, 0.3) is 0 Å². The predicted octanol–water partition coefficient (Wildman–Crippen LogP) is 3.68. The molecule has 28 heavy (non-hydrogen) atoms. The first-order chi connectivity index (χ1) is 13.1. The molecule has 1 aromatic carbocycles. The van der Waals surface area contributed by atoms with E-state index in [2.05, 4.69) is 44.5 Å². The number of halogens is 2. The largest absolute Gasteiger partial charge is 0.357 e. The third-order valence-corrected chi connectivity index (χ3v) is 4.40. The molecule has 0 aliphatic rings. The number of hydrogen-bond acceptors (Lipinski definition) is 3. The maximum Gasteiger partial charge on any atom is 0.194 e. The number of aromatic amines is 1. The Morgan fingerprint density at radius 3 is 2.82 bits per heavy atom. The van der Waals surface area contributed by atoms with Crippen LogP contribution < -0.4 is 5.32 Å². The van der Waals surface area contributed by atoms with Gasteiger partial charge < -0.3 is 14.8 Å². The number of aromatic nitrogens is 4. The lowest BCUT2D eigenvalue weighted by molar-refractivity contribution is 0.462. The zero-order valence-corrected chi connectivity index (χ0v) is 19.3. The summed E-state index contributed by atoms with van der Waals surface area (Å²) in [5.74, 6) is 1.60. The fourth-order valence-electron chi connectivity index (χ4n) is 2.84. The lowest BCUT2D eigenvalue weighted by atomic mass is 10.1. The molecule has 3 aromatic rings. The molecular formula is C19H25ClIN7. The van der Waals surface area contributed by atoms with Crippen LogP contribution in [0.1, 0.15) is 18.2 Å². The van der Waals surface area contributed by atoms with E-state index in [-0.39, 0.29) is 24.0 Å². The number of benzene rings is 1. The van der Waals surface area contributed by atoms with E-state index in [1.807, 2.05) is 43.1 Å². The van der Waals surface area contributed by atoms with Gasteiger partial charge in [-0.25, -0.2) is 9.98 Å². The number of nitrogens with zero attached hydrogens (tertiary/aromatic N) is 5. The third kappa shape index (κ3) is 5.71. The van der Waals surface area contributed by atoms with Gasteiger partial charge in [-0.15, -0.1) is 24.0 Å². The molecule has 9 heteroatoms. The monoisotopic (exact) mass is 513 g/mol. The lowest BCUT2D eigenvalue weighted by Gasteiger charge is -2.22. The average molecular weight is 514 g/mol. The van der Waals surface area contributed by atoms with Crippen molar-refractivity contribution in [2.75, 3.05) is 13.6 Å². The van der Waals surface area contributed by atoms with E-state index >= 15 is 0 Å². The molecule has 2 N–H and O–H groups in total. The van der Waals surface area contributed by atoms with Crippen molar-refractivity contribution in [2.45, 2.75) is 20.0 Å². The van der Waals surface area contributed by atoms with Crippen molar-refractivity contribution in [3.8, 4) is 11.4 Å². The quantitative estimate of drug-likeness (QED) is 0.300. The van der Waals surface area contributed by atoms with Gasteiger partial charge in [0.1, 0.15) is 6.33 Å². The van der Waals surface area contributed by atoms with Crippen molar-refractivity contribution in [1.29, 1.82) is 0 Å². The van der Waals surface area contributed by atoms with Crippen LogP contribution in [0, 0.1) is 0 Å². The van der Waals surface area contributed by atoms with E-state index in [0.29, 0.717) is 13.1 Å². The lowest BCUT2D eigenvalue weighted by Crippen LogP contribution is -2.38. The van der Waals surface area contributed by atoms with Crippen molar-refractivity contribution >= 4 is 41.5 Å². The van der Waals surface area contributed by atoms with Gasteiger partial charge in [0, 0.05) is 38.1 Å². The molecule has 2 aromatic heterocycles. The van der Waals surface area contributed by atoms with Gasteiger partial charge in [-0.1, -0.05) is 29.8 Å². The second-order valence-electron chi connectivity index (χ2n) is 6.32. The van der Waals surface area contributed by atoms with Gasteiger partial charge in [0.2, 0.25) is 0 Å². The molecule has 2 heterocycles. The summed E-state index contributed by atoms with van der Waals surface area (Å²) < 4.78 is 2.03. The number of nitrogens with one attached hydrogen (secondary N) is 2. The zero-order valence-electron chi connectivity index (χ0n) is 16.2. The number of hydrogen-bond donors (Lipinski definition) is 2. The third-order valence-electron chi connectivity index (χ3n) is 4.20. The molecule has 0 aliphatic carbocycles. The summed E-state index contributed by atoms with van der Waals surface area (Å²) in [6, 6.07) is 10.1. The van der Waals surface area contributed by atoms with Crippen LogP contribution in [0.3, 0.4) is 0 Å². The Labute approximate surface area is 187 Å². The molecule has 0 unspecified atom stereocenters. The van der Waals surface area contributed by atoms with Crippen molar-refractivity contribution < 1.29 is 0 Å². The molecule has 7 nitrogen and oxygen atoms in total. The SMILES string of the molecule is CCNC(=NCc1cccc(-c2ncn[nH]2)c1)N(C)Cc1cc(Cl)cn1C.I. The first-order valence-electron chi connectivity index (χ1n) is 8.81. The minimum Gasteiger partial charge on any atom is -0.357 e. The molecule has 0 radical (unpaired) electrons. The highest BCUT2D eigenvalue weighted by Crippen LogP contribution is 2.17. The molecule has 0 aliphatic heterocycles. The Balaban J connectivity index is 0.00000280. The van der Waals surface area contributed by atoms with E-state index in [0.717, 1.165) is 40.2 Å². The number of rotatable bonds is 6. The van der Waals surface area contributed by atoms with Crippen LogP contribution in [-0.4, -0.2) is 44.2 Å². The Bertz CT molecular complexity index is 905. The standard InChI is InChI=1S/C19H24ClN7.HI/c1-4-21-19(27(3)12-17-9-16(20)11-26(17)2)22-10-14-6-5-7-15(8-14)18-23-13-24-25-18;/h5-9,11,13H,4,10,12H2,1-3H3,(H,21,22)(H,23,24,25);1H. The fraction of sp³-hybridized carbons (Fsp3) is 0.316. The van der Waals surface area contributed by atoms with Gasteiger partial charge in [-0.3, -0.25) is 5.10 Å². The second kappa shape index (κ2) is 10.5. The van der Waals surface area contributed by atoms with Crippen LogP contribution in [0.4, 0.5) is 0 Å². The molecule has 150 valence electrons. The number of aryl methyl sites for hydroxylation is 1. The predicted molar refractivity (Wildman–Crippen MR) is 124 cm³/mol. The summed E-state index contributed by atoms with van der Waals surface area (Å²) in [7, 11) is 4.02. The molecule has 0 saturated heterocycles. The van der Waals surface area contributed by atoms with Crippen molar-refractivity contribution in [1.82, 2.24) is 30.0 Å². The first kappa shape index (κ1) is 22.2. The summed E-state index contributed by atoms with van der Waals surface area (Å²) in [4.78, 5) is 11.1. The average Bonchev–Trinajstić information content (AvgIpc) is 3.29. The van der Waals surface area contributed by atoms with Gasteiger partial charge in [0.15, 0.2) is 11.8 Å². The summed E-state index contributed by atoms with van der Waals surface area (Å²) in [5.41, 5.74) is 3.23. The van der Waals surface area contributed by atoms with Crippen LogP contribution >= 0.6 is 35.6 Å². The maximum atomic E-state index is 6.09. The molecule has 0 fully saturated rings. The molecule has 3 rings (SSSR count). The summed E-state index contributed by atoms with van der Waals surface area (Å²) in [6.45, 7) is 4.15. The maximum absolute atomic E-state index is 6.09. The van der Waals surface area contributed by atoms with Crippen molar-refractivity contribution in [2.24, 2.45) is 12.0 Å². The fourth-order valence-corrected chi connectivity index (χ4v) is 3.11.